The van der Waals surface area contributed by atoms with Crippen molar-refractivity contribution >= 4 is 21.8 Å². The molecule has 0 radical (unpaired) electrons. The lowest BCUT2D eigenvalue weighted by Gasteiger charge is -2.24. The van der Waals surface area contributed by atoms with Gasteiger partial charge in [-0.15, -0.1) is 0 Å². The van der Waals surface area contributed by atoms with Crippen molar-refractivity contribution < 1.29 is 4.21 Å². The van der Waals surface area contributed by atoms with Crippen LogP contribution in [0, 0.1) is 6.92 Å². The average molecular weight is 311 g/mol. The number of aromatic amines is 1. The highest BCUT2D eigenvalue weighted by molar-refractivity contribution is 7.85. The molecule has 22 heavy (non-hydrogen) atoms. The maximum Gasteiger partial charge on any atom is 0.198 e. The quantitative estimate of drug-likeness (QED) is 0.788. The number of imidazole rings is 1. The molecular weight excluding hydrogens is 294 g/mol. The molecule has 0 saturated carbocycles. The van der Waals surface area contributed by atoms with Gasteiger partial charge in [-0.2, -0.15) is 0 Å². The molecule has 0 saturated heterocycles. The van der Waals surface area contributed by atoms with Gasteiger partial charge in [0, 0.05) is 6.20 Å². The number of aryl methyl sites for hydroxylation is 1. The molecule has 1 aliphatic rings. The Balaban J connectivity index is 1.76. The third-order valence-electron chi connectivity index (χ3n) is 4.34. The van der Waals surface area contributed by atoms with Crippen molar-refractivity contribution in [2.75, 3.05) is 0 Å². The minimum Gasteiger partial charge on any atom is -0.331 e. The summed E-state index contributed by atoms with van der Waals surface area (Å²) in [5.74, 6) is 0. The molecule has 0 amide bonds. The minimum absolute atomic E-state index is 0.0655. The van der Waals surface area contributed by atoms with E-state index in [0.29, 0.717) is 5.16 Å². The summed E-state index contributed by atoms with van der Waals surface area (Å²) in [5, 5.41) is 0.492. The van der Waals surface area contributed by atoms with E-state index in [0.717, 1.165) is 36.0 Å². The third kappa shape index (κ3) is 2.16. The molecular formula is C17H17N3OS. The first kappa shape index (κ1) is 13.6. The number of benzene rings is 1. The number of hydrogen-bond acceptors (Lipinski definition) is 3. The van der Waals surface area contributed by atoms with Crippen molar-refractivity contribution in [3.05, 3.63) is 53.3 Å². The minimum atomic E-state index is -1.20. The van der Waals surface area contributed by atoms with Crippen LogP contribution in [0.1, 0.15) is 34.9 Å². The van der Waals surface area contributed by atoms with E-state index >= 15 is 0 Å². The number of nitrogens with one attached hydrogen (secondary N) is 1. The van der Waals surface area contributed by atoms with Crippen LogP contribution in [-0.4, -0.2) is 19.2 Å². The number of H-pyrrole nitrogens is 1. The summed E-state index contributed by atoms with van der Waals surface area (Å²) in [6.45, 7) is 2.10. The molecule has 112 valence electrons. The van der Waals surface area contributed by atoms with Gasteiger partial charge in [-0.05, 0) is 55.5 Å². The summed E-state index contributed by atoms with van der Waals surface area (Å²) in [4.78, 5) is 12.2. The van der Waals surface area contributed by atoms with Crippen LogP contribution in [0.3, 0.4) is 0 Å². The maximum atomic E-state index is 13.0. The van der Waals surface area contributed by atoms with Crippen molar-refractivity contribution in [1.29, 1.82) is 0 Å². The number of nitrogens with zero attached hydrogens (tertiary/aromatic N) is 2. The monoisotopic (exact) mass is 311 g/mol. The van der Waals surface area contributed by atoms with Gasteiger partial charge < -0.3 is 4.98 Å². The second-order valence-corrected chi connectivity index (χ2v) is 7.28. The Hall–Kier alpha value is -2.01. The van der Waals surface area contributed by atoms with Gasteiger partial charge in [-0.25, -0.2) is 4.98 Å². The normalized spacial score (nSPS) is 19.0. The van der Waals surface area contributed by atoms with Crippen LogP contribution in [0.2, 0.25) is 0 Å². The van der Waals surface area contributed by atoms with Gasteiger partial charge in [-0.1, -0.05) is 12.1 Å². The summed E-state index contributed by atoms with van der Waals surface area (Å²) in [5.41, 5.74) is 5.29. The Labute approximate surface area is 131 Å². The van der Waals surface area contributed by atoms with Gasteiger partial charge in [0.2, 0.25) is 0 Å². The van der Waals surface area contributed by atoms with E-state index < -0.39 is 10.8 Å². The van der Waals surface area contributed by atoms with Crippen LogP contribution in [-0.2, 0) is 17.2 Å². The Kier molecular flexibility index (Phi) is 3.30. The Morgan fingerprint density at radius 2 is 2.14 bits per heavy atom. The Bertz CT molecular complexity index is 838. The molecule has 1 aliphatic carbocycles. The molecule has 1 aromatic carbocycles. The van der Waals surface area contributed by atoms with Gasteiger partial charge in [0.05, 0.1) is 32.8 Å². The zero-order valence-corrected chi connectivity index (χ0v) is 13.2. The standard InChI is InChI=1S/C17H17N3OS/c1-11-9-10-18-16-12(11)5-4-8-15(16)22(21)17-19-13-6-2-3-7-14(13)20-17/h2-3,6-7,9-10,15H,4-5,8H2,1H3,(H,19,20). The predicted molar refractivity (Wildman–Crippen MR) is 87.2 cm³/mol. The van der Waals surface area contributed by atoms with Crippen LogP contribution in [0.25, 0.3) is 11.0 Å². The largest absolute Gasteiger partial charge is 0.331 e. The lowest BCUT2D eigenvalue weighted by molar-refractivity contribution is 0.613. The lowest BCUT2D eigenvalue weighted by Crippen LogP contribution is -2.18. The van der Waals surface area contributed by atoms with Crippen molar-refractivity contribution in [2.24, 2.45) is 0 Å². The number of pyridine rings is 1. The predicted octanol–water partition coefficient (Wildman–Crippen LogP) is 3.45. The summed E-state index contributed by atoms with van der Waals surface area (Å²) in [7, 11) is -1.20. The zero-order chi connectivity index (χ0) is 15.1. The summed E-state index contributed by atoms with van der Waals surface area (Å²) >= 11 is 0. The van der Waals surface area contributed by atoms with E-state index in [-0.39, 0.29) is 5.25 Å². The van der Waals surface area contributed by atoms with Crippen molar-refractivity contribution in [1.82, 2.24) is 15.0 Å². The molecule has 2 atom stereocenters. The van der Waals surface area contributed by atoms with E-state index in [2.05, 4.69) is 21.9 Å². The van der Waals surface area contributed by atoms with E-state index in [1.54, 1.807) is 0 Å². The van der Waals surface area contributed by atoms with Crippen molar-refractivity contribution in [2.45, 2.75) is 36.6 Å². The fraction of sp³-hybridized carbons (Fsp3) is 0.294. The number of aromatic nitrogens is 3. The van der Waals surface area contributed by atoms with Gasteiger partial charge in [0.1, 0.15) is 0 Å². The van der Waals surface area contributed by atoms with Crippen molar-refractivity contribution in [3.63, 3.8) is 0 Å². The van der Waals surface area contributed by atoms with Crippen LogP contribution in [0.4, 0.5) is 0 Å². The first-order valence-corrected chi connectivity index (χ1v) is 8.75. The highest BCUT2D eigenvalue weighted by Crippen LogP contribution is 2.36. The van der Waals surface area contributed by atoms with E-state index in [1.807, 2.05) is 36.5 Å². The second kappa shape index (κ2) is 5.32. The molecule has 5 heteroatoms. The number of rotatable bonds is 2. The molecule has 2 heterocycles. The molecule has 0 aliphatic heterocycles. The Morgan fingerprint density at radius 1 is 1.27 bits per heavy atom. The SMILES string of the molecule is Cc1ccnc2c1CCCC2S(=O)c1nc2ccccc2[nH]1. The highest BCUT2D eigenvalue weighted by atomic mass is 32.2. The maximum absolute atomic E-state index is 13.0. The molecule has 4 rings (SSSR count). The summed E-state index contributed by atoms with van der Waals surface area (Å²) in [6.07, 6.45) is 4.80. The highest BCUT2D eigenvalue weighted by Gasteiger charge is 2.30. The van der Waals surface area contributed by atoms with Gasteiger partial charge in [0.15, 0.2) is 5.16 Å². The van der Waals surface area contributed by atoms with Gasteiger partial charge >= 0.3 is 0 Å². The summed E-state index contributed by atoms with van der Waals surface area (Å²) < 4.78 is 13.0. The van der Waals surface area contributed by atoms with Crippen LogP contribution < -0.4 is 0 Å². The first-order chi connectivity index (χ1) is 10.7. The lowest BCUT2D eigenvalue weighted by atomic mass is 9.92. The molecule has 1 N–H and O–H groups in total. The second-order valence-electron chi connectivity index (χ2n) is 5.73. The molecule has 0 bridgehead atoms. The third-order valence-corrected chi connectivity index (χ3v) is 5.89. The topological polar surface area (TPSA) is 58.6 Å². The molecule has 0 fully saturated rings. The van der Waals surface area contributed by atoms with Gasteiger partial charge in [-0.3, -0.25) is 9.19 Å². The van der Waals surface area contributed by atoms with E-state index in [1.165, 1.54) is 11.1 Å². The number of hydrogen-bond donors (Lipinski definition) is 1. The number of fused-ring (bicyclic) bond motifs is 2. The van der Waals surface area contributed by atoms with Crippen LogP contribution in [0.15, 0.2) is 41.7 Å². The smallest absolute Gasteiger partial charge is 0.198 e. The molecule has 3 aromatic rings. The fourth-order valence-electron chi connectivity index (χ4n) is 3.18. The van der Waals surface area contributed by atoms with E-state index in [4.69, 9.17) is 0 Å². The fourth-order valence-corrected chi connectivity index (χ4v) is 4.64. The summed E-state index contributed by atoms with van der Waals surface area (Å²) in [6, 6.07) is 9.82. The Morgan fingerprint density at radius 3 is 3.00 bits per heavy atom. The molecule has 4 nitrogen and oxygen atoms in total. The van der Waals surface area contributed by atoms with Gasteiger partial charge in [0.25, 0.3) is 0 Å². The molecule has 2 unspecified atom stereocenters. The van der Waals surface area contributed by atoms with E-state index in [9.17, 15) is 4.21 Å². The number of para-hydroxylation sites is 2. The first-order valence-electron chi connectivity index (χ1n) is 7.54. The van der Waals surface area contributed by atoms with Crippen LogP contribution >= 0.6 is 0 Å². The van der Waals surface area contributed by atoms with Crippen LogP contribution in [0.5, 0.6) is 0 Å². The zero-order valence-electron chi connectivity index (χ0n) is 12.4. The van der Waals surface area contributed by atoms with Crippen molar-refractivity contribution in [3.8, 4) is 0 Å². The molecule has 2 aromatic heterocycles. The molecule has 0 spiro atoms. The average Bonchev–Trinajstić information content (AvgIpc) is 2.98.